The second-order valence-corrected chi connectivity index (χ2v) is 2.60. The Morgan fingerprint density at radius 2 is 1.83 bits per heavy atom. The molecule has 0 spiro atoms. The number of carbonyl (C=O) groups is 1. The van der Waals surface area contributed by atoms with Gasteiger partial charge >= 0.3 is 5.97 Å². The molecule has 0 aliphatic rings. The van der Waals surface area contributed by atoms with Crippen LogP contribution in [0, 0.1) is 13.8 Å². The van der Waals surface area contributed by atoms with E-state index in [9.17, 15) is 4.79 Å². The van der Waals surface area contributed by atoms with Gasteiger partial charge in [0, 0.05) is 19.8 Å². The first-order valence-corrected chi connectivity index (χ1v) is 3.42. The standard InChI is InChI=1S/C9H10O2.Ga/c1-6-3-4-8(9(10)11)5-7(6)2;/h3-5H,1-2H3,(H,10,11);. The van der Waals surface area contributed by atoms with Gasteiger partial charge in [0.05, 0.1) is 5.56 Å². The minimum Gasteiger partial charge on any atom is -0.478 e. The maximum absolute atomic E-state index is 10.5. The first-order chi connectivity index (χ1) is 5.11. The van der Waals surface area contributed by atoms with Gasteiger partial charge in [0.1, 0.15) is 0 Å². The van der Waals surface area contributed by atoms with E-state index in [4.69, 9.17) is 5.11 Å². The van der Waals surface area contributed by atoms with Crippen LogP contribution >= 0.6 is 0 Å². The fraction of sp³-hybridized carbons (Fsp3) is 0.222. The molecule has 0 aromatic heterocycles. The fourth-order valence-corrected chi connectivity index (χ4v) is 0.874. The summed E-state index contributed by atoms with van der Waals surface area (Å²) in [5.41, 5.74) is 2.49. The molecule has 0 fully saturated rings. The zero-order valence-electron chi connectivity index (χ0n) is 7.16. The Morgan fingerprint density at radius 3 is 2.25 bits per heavy atom. The molecule has 0 amide bonds. The molecule has 1 N–H and O–H groups in total. The molecular formula is C9H10GaO2. The predicted octanol–water partition coefficient (Wildman–Crippen LogP) is 1.62. The molecule has 0 heterocycles. The van der Waals surface area contributed by atoms with Crippen LogP contribution in [0.15, 0.2) is 18.2 Å². The van der Waals surface area contributed by atoms with E-state index in [0.717, 1.165) is 11.1 Å². The van der Waals surface area contributed by atoms with Crippen LogP contribution in [-0.4, -0.2) is 30.9 Å². The maximum Gasteiger partial charge on any atom is 0.335 e. The van der Waals surface area contributed by atoms with Gasteiger partial charge in [-0.3, -0.25) is 0 Å². The number of hydrogen-bond acceptors (Lipinski definition) is 1. The Morgan fingerprint density at radius 1 is 1.25 bits per heavy atom. The quantitative estimate of drug-likeness (QED) is 0.730. The molecule has 0 aliphatic heterocycles. The van der Waals surface area contributed by atoms with Gasteiger partial charge in [-0.05, 0) is 37.1 Å². The number of hydrogen-bond donors (Lipinski definition) is 1. The van der Waals surface area contributed by atoms with Crippen LogP contribution in [0.1, 0.15) is 21.5 Å². The van der Waals surface area contributed by atoms with Gasteiger partial charge in [-0.1, -0.05) is 6.07 Å². The smallest absolute Gasteiger partial charge is 0.335 e. The van der Waals surface area contributed by atoms with Gasteiger partial charge < -0.3 is 5.11 Å². The van der Waals surface area contributed by atoms with E-state index < -0.39 is 5.97 Å². The van der Waals surface area contributed by atoms with Crippen molar-refractivity contribution in [3.63, 3.8) is 0 Å². The predicted molar refractivity (Wildman–Crippen MR) is 48.6 cm³/mol. The van der Waals surface area contributed by atoms with E-state index in [0.29, 0.717) is 5.56 Å². The number of rotatable bonds is 1. The molecule has 0 aliphatic carbocycles. The zero-order chi connectivity index (χ0) is 8.43. The monoisotopic (exact) mass is 219 g/mol. The summed E-state index contributed by atoms with van der Waals surface area (Å²) in [5.74, 6) is -0.867. The van der Waals surface area contributed by atoms with Crippen molar-refractivity contribution in [2.45, 2.75) is 13.8 Å². The molecule has 3 heteroatoms. The molecule has 1 rings (SSSR count). The van der Waals surface area contributed by atoms with Crippen molar-refractivity contribution in [1.29, 1.82) is 0 Å². The topological polar surface area (TPSA) is 37.3 Å². The van der Waals surface area contributed by atoms with Crippen molar-refractivity contribution in [3.8, 4) is 0 Å². The number of carboxylic acid groups (broad SMARTS) is 1. The van der Waals surface area contributed by atoms with Crippen LogP contribution < -0.4 is 0 Å². The molecule has 0 bridgehead atoms. The average molecular weight is 220 g/mol. The summed E-state index contributed by atoms with van der Waals surface area (Å²) >= 11 is 0. The Bertz CT molecular complexity index is 295. The molecular weight excluding hydrogens is 210 g/mol. The summed E-state index contributed by atoms with van der Waals surface area (Å²) in [6.45, 7) is 3.86. The van der Waals surface area contributed by atoms with Crippen molar-refractivity contribution in [3.05, 3.63) is 34.9 Å². The Kier molecular flexibility index (Phi) is 4.13. The molecule has 0 unspecified atom stereocenters. The Labute approximate surface area is 84.7 Å². The maximum atomic E-state index is 10.5. The molecule has 61 valence electrons. The van der Waals surface area contributed by atoms with Crippen LogP contribution in [-0.2, 0) is 0 Å². The summed E-state index contributed by atoms with van der Waals surface area (Å²) in [6, 6.07) is 5.11. The van der Waals surface area contributed by atoms with Gasteiger partial charge in [0.25, 0.3) is 0 Å². The van der Waals surface area contributed by atoms with Crippen LogP contribution in [0.25, 0.3) is 0 Å². The van der Waals surface area contributed by atoms with Gasteiger partial charge in [0.15, 0.2) is 0 Å². The SMILES string of the molecule is Cc1ccc(C(=O)O)cc1C.[Ga]. The summed E-state index contributed by atoms with van der Waals surface area (Å²) in [6.07, 6.45) is 0. The van der Waals surface area contributed by atoms with Crippen LogP contribution in [0.2, 0.25) is 0 Å². The van der Waals surface area contributed by atoms with E-state index in [1.165, 1.54) is 0 Å². The van der Waals surface area contributed by atoms with Crippen LogP contribution in [0.3, 0.4) is 0 Å². The molecule has 0 saturated carbocycles. The molecule has 1 aromatic rings. The summed E-state index contributed by atoms with van der Waals surface area (Å²) < 4.78 is 0. The average Bonchev–Trinajstić information content (AvgIpc) is 1.94. The third-order valence-corrected chi connectivity index (χ3v) is 1.75. The van der Waals surface area contributed by atoms with E-state index in [1.54, 1.807) is 12.1 Å². The van der Waals surface area contributed by atoms with E-state index in [-0.39, 0.29) is 19.8 Å². The summed E-state index contributed by atoms with van der Waals surface area (Å²) in [7, 11) is 0. The summed E-state index contributed by atoms with van der Waals surface area (Å²) in [5, 5.41) is 8.60. The Hall–Kier alpha value is -0.674. The third-order valence-electron chi connectivity index (χ3n) is 1.75. The largest absolute Gasteiger partial charge is 0.478 e. The number of aryl methyl sites for hydroxylation is 2. The second kappa shape index (κ2) is 4.38. The van der Waals surface area contributed by atoms with Crippen molar-refractivity contribution < 1.29 is 9.90 Å². The zero-order valence-corrected chi connectivity index (χ0v) is 9.59. The molecule has 2 nitrogen and oxygen atoms in total. The van der Waals surface area contributed by atoms with Gasteiger partial charge in [-0.15, -0.1) is 0 Å². The van der Waals surface area contributed by atoms with E-state index in [1.807, 2.05) is 19.9 Å². The van der Waals surface area contributed by atoms with E-state index >= 15 is 0 Å². The van der Waals surface area contributed by atoms with Gasteiger partial charge in [0.2, 0.25) is 0 Å². The number of aromatic carboxylic acids is 1. The minimum atomic E-state index is -0.867. The third kappa shape index (κ3) is 2.43. The number of carboxylic acids is 1. The molecule has 0 saturated heterocycles. The minimum absolute atomic E-state index is 0. The first kappa shape index (κ1) is 11.3. The normalized spacial score (nSPS) is 8.83. The molecule has 0 atom stereocenters. The van der Waals surface area contributed by atoms with Crippen molar-refractivity contribution in [2.24, 2.45) is 0 Å². The number of benzene rings is 1. The van der Waals surface area contributed by atoms with Crippen molar-refractivity contribution in [2.75, 3.05) is 0 Å². The van der Waals surface area contributed by atoms with Crippen LogP contribution in [0.4, 0.5) is 0 Å². The van der Waals surface area contributed by atoms with E-state index in [2.05, 4.69) is 0 Å². The van der Waals surface area contributed by atoms with Crippen molar-refractivity contribution >= 4 is 25.8 Å². The molecule has 3 radical (unpaired) electrons. The molecule has 1 aromatic carbocycles. The summed E-state index contributed by atoms with van der Waals surface area (Å²) in [4.78, 5) is 10.5. The van der Waals surface area contributed by atoms with Gasteiger partial charge in [-0.2, -0.15) is 0 Å². The Balaban J connectivity index is 0.00000121. The fourth-order valence-electron chi connectivity index (χ4n) is 0.874. The van der Waals surface area contributed by atoms with Crippen LogP contribution in [0.5, 0.6) is 0 Å². The van der Waals surface area contributed by atoms with Crippen molar-refractivity contribution in [1.82, 2.24) is 0 Å². The second-order valence-electron chi connectivity index (χ2n) is 2.60. The van der Waals surface area contributed by atoms with Gasteiger partial charge in [-0.25, -0.2) is 4.79 Å². The first-order valence-electron chi connectivity index (χ1n) is 3.42. The molecule has 12 heavy (non-hydrogen) atoms.